The molecule has 112 valence electrons. The summed E-state index contributed by atoms with van der Waals surface area (Å²) in [6.45, 7) is 2.02. The van der Waals surface area contributed by atoms with Crippen LogP contribution in [-0.2, 0) is 20.5 Å². The fraction of sp³-hybridized carbons (Fsp3) is 0.312. The van der Waals surface area contributed by atoms with Crippen LogP contribution < -0.4 is 16.1 Å². The first-order valence-corrected chi connectivity index (χ1v) is 7.04. The topological polar surface area (TPSA) is 71.0 Å². The van der Waals surface area contributed by atoms with Gasteiger partial charge in [-0.25, -0.2) is 4.79 Å². The summed E-state index contributed by atoms with van der Waals surface area (Å²) >= 11 is 0. The van der Waals surface area contributed by atoms with E-state index in [-0.39, 0.29) is 11.6 Å². The van der Waals surface area contributed by atoms with Crippen LogP contribution >= 0.6 is 0 Å². The van der Waals surface area contributed by atoms with E-state index in [1.807, 2.05) is 42.2 Å². The Kier molecular flexibility index (Phi) is 3.14. The second-order valence-corrected chi connectivity index (χ2v) is 5.57. The third-order valence-electron chi connectivity index (χ3n) is 4.18. The summed E-state index contributed by atoms with van der Waals surface area (Å²) in [4.78, 5) is 26.4. The molecule has 0 saturated heterocycles. The monoisotopic (exact) mass is 296 g/mol. The van der Waals surface area contributed by atoms with Gasteiger partial charge in [0, 0.05) is 25.8 Å². The lowest BCUT2D eigenvalue weighted by Gasteiger charge is -2.27. The van der Waals surface area contributed by atoms with Gasteiger partial charge in [0.1, 0.15) is 11.9 Å². The molecule has 0 aliphatic carbocycles. The van der Waals surface area contributed by atoms with Crippen molar-refractivity contribution in [1.29, 1.82) is 5.26 Å². The average molecular weight is 296 g/mol. The highest BCUT2D eigenvalue weighted by molar-refractivity contribution is 5.72. The maximum absolute atomic E-state index is 12.3. The first-order chi connectivity index (χ1) is 10.5. The van der Waals surface area contributed by atoms with Crippen LogP contribution in [0, 0.1) is 11.3 Å². The van der Waals surface area contributed by atoms with Crippen LogP contribution in [-0.4, -0.2) is 15.2 Å². The van der Waals surface area contributed by atoms with Crippen molar-refractivity contribution in [1.82, 2.24) is 9.13 Å². The first kappa shape index (κ1) is 14.1. The number of benzene rings is 1. The van der Waals surface area contributed by atoms with Crippen molar-refractivity contribution < 1.29 is 0 Å². The summed E-state index contributed by atoms with van der Waals surface area (Å²) in [6, 6.07) is 9.88. The number of rotatable bonds is 1. The molecule has 0 N–H and O–H groups in total. The molecule has 1 aromatic carbocycles. The van der Waals surface area contributed by atoms with Gasteiger partial charge in [0.05, 0.1) is 0 Å². The van der Waals surface area contributed by atoms with Crippen molar-refractivity contribution in [3.63, 3.8) is 0 Å². The van der Waals surface area contributed by atoms with Crippen LogP contribution in [0.3, 0.4) is 0 Å². The van der Waals surface area contributed by atoms with Crippen molar-refractivity contribution in [3.05, 3.63) is 56.2 Å². The highest BCUT2D eigenvalue weighted by Gasteiger charge is 2.31. The van der Waals surface area contributed by atoms with Crippen molar-refractivity contribution in [3.8, 4) is 6.07 Å². The lowest BCUT2D eigenvalue weighted by Crippen LogP contribution is -2.42. The number of hydrogen-bond acceptors (Lipinski definition) is 4. The Morgan fingerprint density at radius 3 is 2.55 bits per heavy atom. The Morgan fingerprint density at radius 1 is 1.18 bits per heavy atom. The molecule has 0 radical (unpaired) electrons. The Labute approximate surface area is 127 Å². The minimum Gasteiger partial charge on any atom is -0.323 e. The normalized spacial score (nSPS) is 16.5. The van der Waals surface area contributed by atoms with E-state index < -0.39 is 11.2 Å². The number of nitrogens with zero attached hydrogens (tertiary/aromatic N) is 4. The number of nitriles is 1. The molecule has 1 unspecified atom stereocenters. The van der Waals surface area contributed by atoms with Gasteiger partial charge < -0.3 is 4.90 Å². The molecule has 1 aromatic heterocycles. The summed E-state index contributed by atoms with van der Waals surface area (Å²) in [6.07, 6.45) is 0.810. The van der Waals surface area contributed by atoms with Gasteiger partial charge >= 0.3 is 5.69 Å². The maximum Gasteiger partial charge on any atom is 0.332 e. The Balaban J connectivity index is 2.37. The minimum absolute atomic E-state index is 0.00634. The van der Waals surface area contributed by atoms with Gasteiger partial charge in [-0.05, 0) is 25.0 Å². The summed E-state index contributed by atoms with van der Waals surface area (Å²) in [5.41, 5.74) is 1.09. The predicted molar refractivity (Wildman–Crippen MR) is 83.4 cm³/mol. The number of fused-ring (bicyclic) bond motifs is 1. The summed E-state index contributed by atoms with van der Waals surface area (Å²) in [7, 11) is 2.97. The molecule has 0 fully saturated rings. The van der Waals surface area contributed by atoms with E-state index in [4.69, 9.17) is 0 Å². The van der Waals surface area contributed by atoms with Crippen LogP contribution in [0.15, 0.2) is 33.9 Å². The maximum atomic E-state index is 12.3. The standard InChI is InChI=1S/C16H16N4O2/c1-10-8-11-6-4-5-7-13(11)20(10)14-12(9-17)15(21)19(3)16(22)18(14)2/h4-7,10H,8H2,1-3H3. The second kappa shape index (κ2) is 4.88. The van der Waals surface area contributed by atoms with E-state index in [1.54, 1.807) is 7.05 Å². The van der Waals surface area contributed by atoms with Crippen LogP contribution in [0.2, 0.25) is 0 Å². The third-order valence-corrected chi connectivity index (χ3v) is 4.18. The van der Waals surface area contributed by atoms with Crippen LogP contribution in [0.25, 0.3) is 0 Å². The zero-order chi connectivity index (χ0) is 16.0. The quantitative estimate of drug-likeness (QED) is 0.788. The van der Waals surface area contributed by atoms with E-state index in [1.165, 1.54) is 11.6 Å². The molecule has 1 aliphatic rings. The number of anilines is 2. The molecule has 0 spiro atoms. The summed E-state index contributed by atoms with van der Waals surface area (Å²) < 4.78 is 2.34. The van der Waals surface area contributed by atoms with E-state index in [0.717, 1.165) is 22.2 Å². The molecule has 2 heterocycles. The summed E-state index contributed by atoms with van der Waals surface area (Å²) in [5.74, 6) is 0.369. The Hall–Kier alpha value is -2.81. The van der Waals surface area contributed by atoms with Crippen LogP contribution in [0.4, 0.5) is 11.5 Å². The van der Waals surface area contributed by atoms with Gasteiger partial charge in [0.25, 0.3) is 5.56 Å². The van der Waals surface area contributed by atoms with Gasteiger partial charge in [-0.1, -0.05) is 18.2 Å². The predicted octanol–water partition coefficient (Wildman–Crippen LogP) is 1.04. The molecule has 0 amide bonds. The second-order valence-electron chi connectivity index (χ2n) is 5.57. The van der Waals surface area contributed by atoms with Crippen molar-refractivity contribution in [2.45, 2.75) is 19.4 Å². The van der Waals surface area contributed by atoms with Gasteiger partial charge in [0.15, 0.2) is 5.56 Å². The Morgan fingerprint density at radius 2 is 1.86 bits per heavy atom. The SMILES string of the molecule is CC1Cc2ccccc2N1c1c(C#N)c(=O)n(C)c(=O)n1C. The molecular weight excluding hydrogens is 280 g/mol. The lowest BCUT2D eigenvalue weighted by atomic mass is 10.1. The van der Waals surface area contributed by atoms with Crippen molar-refractivity contribution in [2.24, 2.45) is 14.1 Å². The molecule has 2 aromatic rings. The third kappa shape index (κ3) is 1.79. The van der Waals surface area contributed by atoms with Gasteiger partial charge in [0.2, 0.25) is 0 Å². The molecule has 1 aliphatic heterocycles. The van der Waals surface area contributed by atoms with E-state index in [2.05, 4.69) is 0 Å². The average Bonchev–Trinajstić information content (AvgIpc) is 2.84. The molecule has 22 heavy (non-hydrogen) atoms. The highest BCUT2D eigenvalue weighted by Crippen LogP contribution is 2.38. The van der Waals surface area contributed by atoms with Gasteiger partial charge in [-0.2, -0.15) is 5.26 Å². The summed E-state index contributed by atoms with van der Waals surface area (Å²) in [5, 5.41) is 9.43. The lowest BCUT2D eigenvalue weighted by molar-refractivity contribution is 0.654. The largest absolute Gasteiger partial charge is 0.332 e. The van der Waals surface area contributed by atoms with E-state index in [0.29, 0.717) is 5.82 Å². The zero-order valence-corrected chi connectivity index (χ0v) is 12.7. The van der Waals surface area contributed by atoms with Crippen LogP contribution in [0.5, 0.6) is 0 Å². The zero-order valence-electron chi connectivity index (χ0n) is 12.7. The molecule has 6 heteroatoms. The molecule has 1 atom stereocenters. The number of aromatic nitrogens is 2. The molecule has 0 saturated carbocycles. The molecule has 0 bridgehead atoms. The van der Waals surface area contributed by atoms with E-state index >= 15 is 0 Å². The first-order valence-electron chi connectivity index (χ1n) is 7.04. The fourth-order valence-corrected chi connectivity index (χ4v) is 3.10. The van der Waals surface area contributed by atoms with Crippen LogP contribution in [0.1, 0.15) is 18.1 Å². The molecular formula is C16H16N4O2. The van der Waals surface area contributed by atoms with Crippen molar-refractivity contribution in [2.75, 3.05) is 4.90 Å². The number of para-hydroxylation sites is 1. The minimum atomic E-state index is -0.558. The fourth-order valence-electron chi connectivity index (χ4n) is 3.10. The number of hydrogen-bond donors (Lipinski definition) is 0. The van der Waals surface area contributed by atoms with E-state index in [9.17, 15) is 14.9 Å². The molecule has 3 rings (SSSR count). The smallest absolute Gasteiger partial charge is 0.323 e. The van der Waals surface area contributed by atoms with Crippen molar-refractivity contribution >= 4 is 11.5 Å². The van der Waals surface area contributed by atoms with Gasteiger partial charge in [-0.15, -0.1) is 0 Å². The van der Waals surface area contributed by atoms with Gasteiger partial charge in [-0.3, -0.25) is 13.9 Å². The highest BCUT2D eigenvalue weighted by atomic mass is 16.2. The molecule has 6 nitrogen and oxygen atoms in total. The Bertz CT molecular complexity index is 917.